The van der Waals surface area contributed by atoms with E-state index in [2.05, 4.69) is 91.0 Å². The highest BCUT2D eigenvalue weighted by Crippen LogP contribution is 2.40. The van der Waals surface area contributed by atoms with Crippen molar-refractivity contribution in [1.82, 2.24) is 9.97 Å². The second kappa shape index (κ2) is 7.59. The predicted octanol–water partition coefficient (Wildman–Crippen LogP) is 9.12. The van der Waals surface area contributed by atoms with Crippen molar-refractivity contribution in [2.24, 2.45) is 0 Å². The molecule has 0 saturated heterocycles. The molecule has 0 radical (unpaired) electrons. The van der Waals surface area contributed by atoms with Gasteiger partial charge in [0, 0.05) is 10.4 Å². The van der Waals surface area contributed by atoms with E-state index in [-0.39, 0.29) is 0 Å². The summed E-state index contributed by atoms with van der Waals surface area (Å²) < 4.78 is 2.44. The van der Waals surface area contributed by atoms with Gasteiger partial charge in [-0.3, -0.25) is 0 Å². The van der Waals surface area contributed by atoms with Crippen molar-refractivity contribution < 1.29 is 0 Å². The van der Waals surface area contributed by atoms with E-state index in [0.29, 0.717) is 0 Å². The molecule has 0 amide bonds. The minimum Gasteiger partial charge on any atom is -0.236 e. The fraction of sp³-hybridized carbons (Fsp3) is 0. The summed E-state index contributed by atoms with van der Waals surface area (Å²) in [5, 5.41) is 4.65. The summed E-state index contributed by atoms with van der Waals surface area (Å²) in [4.78, 5) is 12.2. The van der Waals surface area contributed by atoms with Gasteiger partial charge >= 0.3 is 0 Å². The molecule has 0 saturated carbocycles. The Morgan fingerprint density at radius 2 is 1.18 bits per heavy atom. The van der Waals surface area contributed by atoms with E-state index in [1.807, 2.05) is 6.07 Å². The van der Waals surface area contributed by atoms with Crippen LogP contribution in [0, 0.1) is 0 Å². The van der Waals surface area contributed by atoms with Gasteiger partial charge in [0.25, 0.3) is 0 Å². The van der Waals surface area contributed by atoms with Crippen LogP contribution in [0.4, 0.5) is 0 Å². The third-order valence-electron chi connectivity index (χ3n) is 5.78. The molecule has 0 aliphatic carbocycles. The lowest BCUT2D eigenvalue weighted by molar-refractivity contribution is 1.48. The van der Waals surface area contributed by atoms with Crippen LogP contribution < -0.4 is 0 Å². The molecule has 0 atom stereocenters. The molecule has 0 aliphatic rings. The Morgan fingerprint density at radius 1 is 0.455 bits per heavy atom. The van der Waals surface area contributed by atoms with Gasteiger partial charge in [0.2, 0.25) is 0 Å². The van der Waals surface area contributed by atoms with E-state index in [1.165, 1.54) is 41.1 Å². The summed E-state index contributed by atoms with van der Waals surface area (Å²) in [6.07, 6.45) is 0. The van der Waals surface area contributed by atoms with Gasteiger partial charge in [0.15, 0.2) is 0 Å². The van der Waals surface area contributed by atoms with E-state index in [0.717, 1.165) is 21.0 Å². The van der Waals surface area contributed by atoms with Crippen molar-refractivity contribution in [3.8, 4) is 30.9 Å². The molecule has 0 N–H and O–H groups in total. The van der Waals surface area contributed by atoms with Crippen molar-refractivity contribution in [2.45, 2.75) is 0 Å². The highest BCUT2D eigenvalue weighted by atomic mass is 32.1. The number of nitrogens with zero attached hydrogens (tertiary/aromatic N) is 2. The van der Waals surface area contributed by atoms with Crippen LogP contribution in [-0.4, -0.2) is 9.97 Å². The summed E-state index contributed by atoms with van der Waals surface area (Å²) in [5.41, 5.74) is 4.52. The summed E-state index contributed by atoms with van der Waals surface area (Å²) in [6.45, 7) is 0. The first-order chi connectivity index (χ1) is 16.3. The molecule has 3 aromatic heterocycles. The topological polar surface area (TPSA) is 25.8 Å². The fourth-order valence-electron chi connectivity index (χ4n) is 4.11. The van der Waals surface area contributed by atoms with Crippen LogP contribution in [0.15, 0.2) is 97.1 Å². The lowest BCUT2D eigenvalue weighted by Gasteiger charge is -2.00. The minimum absolute atomic E-state index is 1.05. The maximum atomic E-state index is 4.92. The summed E-state index contributed by atoms with van der Waals surface area (Å²) in [7, 11) is 0. The Morgan fingerprint density at radius 3 is 2.12 bits per heavy atom. The summed E-state index contributed by atoms with van der Waals surface area (Å²) in [5.74, 6) is 0. The molecule has 0 fully saturated rings. The molecule has 0 bridgehead atoms. The highest BCUT2D eigenvalue weighted by molar-refractivity contribution is 7.26. The third kappa shape index (κ3) is 3.37. The first-order valence-electron chi connectivity index (χ1n) is 10.7. The number of thiophene rings is 1. The number of rotatable bonds is 3. The van der Waals surface area contributed by atoms with Gasteiger partial charge in [-0.25, -0.2) is 9.97 Å². The van der Waals surface area contributed by atoms with E-state index in [1.54, 1.807) is 34.0 Å². The van der Waals surface area contributed by atoms with Crippen molar-refractivity contribution >= 4 is 65.2 Å². The van der Waals surface area contributed by atoms with Crippen molar-refractivity contribution in [2.75, 3.05) is 0 Å². The van der Waals surface area contributed by atoms with E-state index >= 15 is 0 Å². The Balaban J connectivity index is 1.25. The molecular weight excluding hydrogens is 461 g/mol. The summed E-state index contributed by atoms with van der Waals surface area (Å²) in [6, 6.07) is 34.4. The maximum absolute atomic E-state index is 4.92. The minimum atomic E-state index is 1.05. The number of aromatic nitrogens is 2. The number of hydrogen-bond donors (Lipinski definition) is 0. The van der Waals surface area contributed by atoms with Gasteiger partial charge in [-0.1, -0.05) is 54.6 Å². The number of hydrogen-bond acceptors (Lipinski definition) is 5. The molecule has 33 heavy (non-hydrogen) atoms. The van der Waals surface area contributed by atoms with E-state index in [4.69, 9.17) is 9.97 Å². The Labute approximate surface area is 202 Å². The monoisotopic (exact) mass is 476 g/mol. The molecule has 3 heterocycles. The van der Waals surface area contributed by atoms with Gasteiger partial charge in [-0.15, -0.1) is 34.0 Å². The predicted molar refractivity (Wildman–Crippen MR) is 144 cm³/mol. The Kier molecular flexibility index (Phi) is 4.40. The Hall–Kier alpha value is -3.38. The zero-order chi connectivity index (χ0) is 21.8. The molecule has 156 valence electrons. The largest absolute Gasteiger partial charge is 0.236 e. The molecule has 7 aromatic rings. The van der Waals surface area contributed by atoms with Crippen LogP contribution in [0.3, 0.4) is 0 Å². The number of para-hydroxylation sites is 1. The van der Waals surface area contributed by atoms with Crippen LogP contribution >= 0.6 is 34.0 Å². The van der Waals surface area contributed by atoms with Crippen LogP contribution in [-0.2, 0) is 0 Å². The smallest absolute Gasteiger partial charge is 0.134 e. The standard InChI is InChI=1S/C28H16N2S3/c1-2-6-18-15-20(10-9-17(18)5-1)27-29-22-12-11-19(16-26(22)33-27)23-13-14-25(31-23)28-30-21-7-3-4-8-24(21)32-28/h1-16H. The fourth-order valence-corrected chi connectivity index (χ4v) is 7.13. The van der Waals surface area contributed by atoms with Crippen LogP contribution in [0.1, 0.15) is 0 Å². The lowest BCUT2D eigenvalue weighted by atomic mass is 10.1. The van der Waals surface area contributed by atoms with Crippen molar-refractivity contribution in [3.63, 3.8) is 0 Å². The normalized spacial score (nSPS) is 11.6. The SMILES string of the molecule is c1ccc2cc(-c3nc4ccc(-c5ccc(-c6nc7ccccc7s6)s5)cc4s3)ccc2c1. The molecule has 5 heteroatoms. The molecule has 0 aliphatic heterocycles. The van der Waals surface area contributed by atoms with Crippen LogP contribution in [0.25, 0.3) is 62.1 Å². The average Bonchev–Trinajstić information content (AvgIpc) is 3.60. The number of benzene rings is 4. The maximum Gasteiger partial charge on any atom is 0.134 e. The Bertz CT molecular complexity index is 1750. The van der Waals surface area contributed by atoms with Gasteiger partial charge < -0.3 is 0 Å². The highest BCUT2D eigenvalue weighted by Gasteiger charge is 2.12. The third-order valence-corrected chi connectivity index (χ3v) is 9.19. The van der Waals surface area contributed by atoms with Gasteiger partial charge in [0.1, 0.15) is 10.0 Å². The quantitative estimate of drug-likeness (QED) is 0.254. The molecule has 0 unspecified atom stereocenters. The molecule has 2 nitrogen and oxygen atoms in total. The van der Waals surface area contributed by atoms with Gasteiger partial charge in [-0.2, -0.15) is 0 Å². The van der Waals surface area contributed by atoms with Crippen molar-refractivity contribution in [3.05, 3.63) is 97.1 Å². The van der Waals surface area contributed by atoms with Crippen LogP contribution in [0.2, 0.25) is 0 Å². The van der Waals surface area contributed by atoms with E-state index in [9.17, 15) is 0 Å². The molecule has 4 aromatic carbocycles. The zero-order valence-corrected chi connectivity index (χ0v) is 19.8. The lowest BCUT2D eigenvalue weighted by Crippen LogP contribution is -1.77. The second-order valence-corrected chi connectivity index (χ2v) is 11.1. The number of thiazole rings is 2. The van der Waals surface area contributed by atoms with Crippen LogP contribution in [0.5, 0.6) is 0 Å². The van der Waals surface area contributed by atoms with Crippen molar-refractivity contribution in [1.29, 1.82) is 0 Å². The van der Waals surface area contributed by atoms with Gasteiger partial charge in [-0.05, 0) is 58.8 Å². The molecule has 7 rings (SSSR count). The van der Waals surface area contributed by atoms with Gasteiger partial charge in [0.05, 0.1) is 25.3 Å². The van der Waals surface area contributed by atoms with E-state index < -0.39 is 0 Å². The molecular formula is C28H16N2S3. The average molecular weight is 477 g/mol. The first-order valence-corrected chi connectivity index (χ1v) is 13.1. The first kappa shape index (κ1) is 19.1. The second-order valence-electron chi connectivity index (χ2n) is 7.91. The summed E-state index contributed by atoms with van der Waals surface area (Å²) >= 11 is 5.31. The molecule has 0 spiro atoms. The zero-order valence-electron chi connectivity index (χ0n) is 17.4. The number of fused-ring (bicyclic) bond motifs is 3.